The van der Waals surface area contributed by atoms with Crippen LogP contribution in [0.2, 0.25) is 0 Å². The minimum absolute atomic E-state index is 0.0157. The van der Waals surface area contributed by atoms with Gasteiger partial charge in [-0.25, -0.2) is 14.8 Å². The largest absolute Gasteiger partial charge is 0.477 e. The summed E-state index contributed by atoms with van der Waals surface area (Å²) in [5.41, 5.74) is 3.27. The van der Waals surface area contributed by atoms with Crippen molar-refractivity contribution in [1.82, 2.24) is 14.5 Å². The molecule has 94 valence electrons. The quantitative estimate of drug-likeness (QED) is 0.761. The number of benzene rings is 1. The predicted octanol–water partition coefficient (Wildman–Crippen LogP) is 2.43. The van der Waals surface area contributed by atoms with Crippen LogP contribution in [0.4, 0.5) is 0 Å². The molecule has 0 aliphatic rings. The van der Waals surface area contributed by atoms with E-state index in [1.807, 2.05) is 31.2 Å². The van der Waals surface area contributed by atoms with E-state index in [1.165, 1.54) is 6.07 Å². The Balaban J connectivity index is 2.24. The summed E-state index contributed by atoms with van der Waals surface area (Å²) in [6, 6.07) is 11.0. The number of hydrogen-bond acceptors (Lipinski definition) is 3. The number of aromatic carboxylic acids is 1. The lowest BCUT2D eigenvalue weighted by Crippen LogP contribution is -2.02. The maximum absolute atomic E-state index is 11.0. The normalized spacial score (nSPS) is 10.8. The van der Waals surface area contributed by atoms with Gasteiger partial charge in [0.05, 0.1) is 0 Å². The molecule has 1 aromatic carbocycles. The van der Waals surface area contributed by atoms with Crippen LogP contribution in [0.3, 0.4) is 0 Å². The lowest BCUT2D eigenvalue weighted by atomic mass is 10.2. The summed E-state index contributed by atoms with van der Waals surface area (Å²) in [6.07, 6.45) is 1.65. The molecule has 5 nitrogen and oxygen atoms in total. The van der Waals surface area contributed by atoms with Crippen LogP contribution in [0, 0.1) is 6.92 Å². The first-order valence-electron chi connectivity index (χ1n) is 5.79. The number of carbonyl (C=O) groups is 1. The first-order chi connectivity index (χ1) is 9.15. The minimum atomic E-state index is -1.04. The van der Waals surface area contributed by atoms with Crippen molar-refractivity contribution < 1.29 is 9.90 Å². The van der Waals surface area contributed by atoms with Gasteiger partial charge >= 0.3 is 5.97 Å². The van der Waals surface area contributed by atoms with Crippen LogP contribution in [0.5, 0.6) is 0 Å². The Bertz CT molecular complexity index is 777. The summed E-state index contributed by atoms with van der Waals surface area (Å²) in [6.45, 7) is 2.00. The smallest absolute Gasteiger partial charge is 0.354 e. The van der Waals surface area contributed by atoms with Crippen molar-refractivity contribution in [2.75, 3.05) is 0 Å². The highest BCUT2D eigenvalue weighted by Gasteiger charge is 2.10. The summed E-state index contributed by atoms with van der Waals surface area (Å²) in [7, 11) is 0. The van der Waals surface area contributed by atoms with E-state index in [0.29, 0.717) is 11.2 Å². The van der Waals surface area contributed by atoms with Crippen LogP contribution in [-0.2, 0) is 0 Å². The van der Waals surface area contributed by atoms with Crippen molar-refractivity contribution >= 4 is 17.1 Å². The van der Waals surface area contributed by atoms with Gasteiger partial charge in [-0.15, -0.1) is 0 Å². The molecule has 0 radical (unpaired) electrons. The van der Waals surface area contributed by atoms with Crippen LogP contribution >= 0.6 is 0 Å². The molecule has 0 atom stereocenters. The Kier molecular flexibility index (Phi) is 2.52. The van der Waals surface area contributed by atoms with E-state index in [2.05, 4.69) is 9.97 Å². The zero-order chi connectivity index (χ0) is 13.4. The Morgan fingerprint density at radius 3 is 2.84 bits per heavy atom. The van der Waals surface area contributed by atoms with E-state index >= 15 is 0 Å². The van der Waals surface area contributed by atoms with E-state index < -0.39 is 5.97 Å². The number of hydrogen-bond donors (Lipinski definition) is 1. The summed E-state index contributed by atoms with van der Waals surface area (Å²) in [5.74, 6) is -1.04. The summed E-state index contributed by atoms with van der Waals surface area (Å²) < 4.78 is 1.79. The number of carboxylic acid groups (broad SMARTS) is 1. The highest BCUT2D eigenvalue weighted by molar-refractivity contribution is 5.88. The molecule has 0 saturated heterocycles. The summed E-state index contributed by atoms with van der Waals surface area (Å²) >= 11 is 0. The molecule has 0 aliphatic carbocycles. The maximum atomic E-state index is 11.0. The summed E-state index contributed by atoms with van der Waals surface area (Å²) in [5, 5.41) is 9.00. The third kappa shape index (κ3) is 1.95. The van der Waals surface area contributed by atoms with Crippen LogP contribution in [0.15, 0.2) is 42.7 Å². The standard InChI is InChI=1S/C14H11N3O2/c1-9-3-2-4-10(7-9)17-8-15-11-5-6-12(14(18)19)16-13(11)17/h2-8H,1H3,(H,18,19). The van der Waals surface area contributed by atoms with Crippen LogP contribution in [0.25, 0.3) is 16.9 Å². The second-order valence-electron chi connectivity index (χ2n) is 4.30. The molecular weight excluding hydrogens is 242 g/mol. The van der Waals surface area contributed by atoms with Crippen LogP contribution < -0.4 is 0 Å². The second kappa shape index (κ2) is 4.20. The van der Waals surface area contributed by atoms with Crippen molar-refractivity contribution in [2.45, 2.75) is 6.92 Å². The Hall–Kier alpha value is -2.69. The molecule has 0 aliphatic heterocycles. The Morgan fingerprint density at radius 2 is 2.11 bits per heavy atom. The average Bonchev–Trinajstić information content (AvgIpc) is 2.81. The first kappa shape index (κ1) is 11.4. The molecule has 0 unspecified atom stereocenters. The Morgan fingerprint density at radius 1 is 1.26 bits per heavy atom. The fourth-order valence-electron chi connectivity index (χ4n) is 1.98. The third-order valence-corrected chi connectivity index (χ3v) is 2.89. The zero-order valence-corrected chi connectivity index (χ0v) is 10.2. The molecule has 1 N–H and O–H groups in total. The molecule has 2 heterocycles. The monoisotopic (exact) mass is 253 g/mol. The number of pyridine rings is 1. The van der Waals surface area contributed by atoms with E-state index in [4.69, 9.17) is 5.11 Å². The van der Waals surface area contributed by atoms with E-state index in [0.717, 1.165) is 11.3 Å². The van der Waals surface area contributed by atoms with E-state index in [1.54, 1.807) is 17.0 Å². The van der Waals surface area contributed by atoms with Gasteiger partial charge in [-0.1, -0.05) is 12.1 Å². The van der Waals surface area contributed by atoms with Crippen LogP contribution in [0.1, 0.15) is 16.1 Å². The maximum Gasteiger partial charge on any atom is 0.354 e. The number of fused-ring (bicyclic) bond motifs is 1. The molecular formula is C14H11N3O2. The molecule has 0 amide bonds. The molecule has 0 fully saturated rings. The molecule has 19 heavy (non-hydrogen) atoms. The second-order valence-corrected chi connectivity index (χ2v) is 4.30. The summed E-state index contributed by atoms with van der Waals surface area (Å²) in [4.78, 5) is 19.4. The van der Waals surface area contributed by atoms with Gasteiger partial charge in [0.2, 0.25) is 0 Å². The lowest BCUT2D eigenvalue weighted by molar-refractivity contribution is 0.0691. The highest BCUT2D eigenvalue weighted by atomic mass is 16.4. The van der Waals surface area contributed by atoms with Gasteiger partial charge < -0.3 is 5.11 Å². The number of nitrogens with zero attached hydrogens (tertiary/aromatic N) is 3. The van der Waals surface area contributed by atoms with Gasteiger partial charge in [0.15, 0.2) is 11.3 Å². The number of aryl methyl sites for hydroxylation is 1. The number of carboxylic acids is 1. The molecule has 2 aromatic heterocycles. The number of aromatic nitrogens is 3. The fraction of sp³-hybridized carbons (Fsp3) is 0.0714. The number of imidazole rings is 1. The van der Waals surface area contributed by atoms with Gasteiger partial charge in [0, 0.05) is 5.69 Å². The molecule has 5 heteroatoms. The van der Waals surface area contributed by atoms with Crippen molar-refractivity contribution in [2.24, 2.45) is 0 Å². The third-order valence-electron chi connectivity index (χ3n) is 2.89. The first-order valence-corrected chi connectivity index (χ1v) is 5.79. The molecule has 3 rings (SSSR count). The van der Waals surface area contributed by atoms with Gasteiger partial charge in [-0.05, 0) is 36.8 Å². The highest BCUT2D eigenvalue weighted by Crippen LogP contribution is 2.17. The van der Waals surface area contributed by atoms with Crippen LogP contribution in [-0.4, -0.2) is 25.6 Å². The molecule has 0 spiro atoms. The van der Waals surface area contributed by atoms with E-state index in [-0.39, 0.29) is 5.69 Å². The van der Waals surface area contributed by atoms with Crippen molar-refractivity contribution in [1.29, 1.82) is 0 Å². The van der Waals surface area contributed by atoms with Crippen molar-refractivity contribution in [3.8, 4) is 5.69 Å². The van der Waals surface area contributed by atoms with E-state index in [9.17, 15) is 4.79 Å². The SMILES string of the molecule is Cc1cccc(-n2cnc3ccc(C(=O)O)nc32)c1. The van der Waals surface area contributed by atoms with Gasteiger partial charge in [0.25, 0.3) is 0 Å². The Labute approximate surface area is 109 Å². The van der Waals surface area contributed by atoms with Gasteiger partial charge in [-0.3, -0.25) is 4.57 Å². The zero-order valence-electron chi connectivity index (χ0n) is 10.2. The average molecular weight is 253 g/mol. The fourth-order valence-corrected chi connectivity index (χ4v) is 1.98. The lowest BCUT2D eigenvalue weighted by Gasteiger charge is -2.04. The number of rotatable bonds is 2. The topological polar surface area (TPSA) is 68.0 Å². The molecule has 0 saturated carbocycles. The van der Waals surface area contributed by atoms with Gasteiger partial charge in [-0.2, -0.15) is 0 Å². The molecule has 0 bridgehead atoms. The minimum Gasteiger partial charge on any atom is -0.477 e. The van der Waals surface area contributed by atoms with Crippen molar-refractivity contribution in [3.05, 3.63) is 54.0 Å². The predicted molar refractivity (Wildman–Crippen MR) is 70.6 cm³/mol. The molecule has 3 aromatic rings. The van der Waals surface area contributed by atoms with Gasteiger partial charge in [0.1, 0.15) is 11.8 Å². The van der Waals surface area contributed by atoms with Crippen molar-refractivity contribution in [3.63, 3.8) is 0 Å².